The summed E-state index contributed by atoms with van der Waals surface area (Å²) < 4.78 is 15.2. The molecular formula is C22H27FN2. The Labute approximate surface area is 149 Å². The average molecular weight is 338 g/mol. The lowest BCUT2D eigenvalue weighted by Gasteiger charge is -2.35. The quantitative estimate of drug-likeness (QED) is 0.770. The highest BCUT2D eigenvalue weighted by atomic mass is 19.1. The van der Waals surface area contributed by atoms with E-state index >= 15 is 4.39 Å². The van der Waals surface area contributed by atoms with Crippen LogP contribution in [0.3, 0.4) is 0 Å². The molecule has 4 rings (SSSR count). The topological polar surface area (TPSA) is 38.0 Å². The summed E-state index contributed by atoms with van der Waals surface area (Å²) in [5, 5.41) is 3.48. The normalized spacial score (nSPS) is 31.6. The van der Waals surface area contributed by atoms with Crippen molar-refractivity contribution < 1.29 is 4.39 Å². The summed E-state index contributed by atoms with van der Waals surface area (Å²) in [5.41, 5.74) is 8.44. The molecule has 0 amide bonds. The third kappa shape index (κ3) is 3.72. The summed E-state index contributed by atoms with van der Waals surface area (Å²) in [6.07, 6.45) is 4.16. The zero-order valence-electron chi connectivity index (χ0n) is 14.6. The van der Waals surface area contributed by atoms with Gasteiger partial charge in [-0.1, -0.05) is 48.5 Å². The third-order valence-electron chi connectivity index (χ3n) is 6.02. The van der Waals surface area contributed by atoms with Gasteiger partial charge in [-0.3, -0.25) is 0 Å². The third-order valence-corrected chi connectivity index (χ3v) is 6.02. The molecule has 2 nitrogen and oxygen atoms in total. The highest BCUT2D eigenvalue weighted by Crippen LogP contribution is 2.44. The molecule has 0 bridgehead atoms. The first kappa shape index (κ1) is 16.6. The van der Waals surface area contributed by atoms with Crippen molar-refractivity contribution in [3.63, 3.8) is 0 Å². The summed E-state index contributed by atoms with van der Waals surface area (Å²) in [6, 6.07) is 19.0. The Morgan fingerprint density at radius 1 is 1.00 bits per heavy atom. The Morgan fingerprint density at radius 2 is 1.68 bits per heavy atom. The first-order valence-corrected chi connectivity index (χ1v) is 9.46. The first-order valence-electron chi connectivity index (χ1n) is 9.46. The lowest BCUT2D eigenvalue weighted by atomic mass is 9.76. The number of hydrogen-bond acceptors (Lipinski definition) is 2. The first-order chi connectivity index (χ1) is 12.1. The van der Waals surface area contributed by atoms with Gasteiger partial charge < -0.3 is 11.1 Å². The van der Waals surface area contributed by atoms with Crippen LogP contribution in [0.4, 0.5) is 10.1 Å². The van der Waals surface area contributed by atoms with E-state index in [-0.39, 0.29) is 0 Å². The van der Waals surface area contributed by atoms with E-state index in [2.05, 4.69) is 35.6 Å². The highest BCUT2D eigenvalue weighted by Gasteiger charge is 2.41. The predicted molar refractivity (Wildman–Crippen MR) is 101 cm³/mol. The Kier molecular flexibility index (Phi) is 4.51. The van der Waals surface area contributed by atoms with Crippen molar-refractivity contribution >= 4 is 5.69 Å². The van der Waals surface area contributed by atoms with Crippen molar-refractivity contribution in [2.24, 2.45) is 0 Å². The average Bonchev–Trinajstić information content (AvgIpc) is 3.42. The van der Waals surface area contributed by atoms with Crippen molar-refractivity contribution in [3.8, 4) is 0 Å². The van der Waals surface area contributed by atoms with E-state index in [9.17, 15) is 0 Å². The molecule has 0 radical (unpaired) electrons. The molecule has 2 aliphatic carbocycles. The Balaban J connectivity index is 1.28. The summed E-state index contributed by atoms with van der Waals surface area (Å²) in [7, 11) is 0. The molecule has 0 spiro atoms. The minimum absolute atomic E-state index is 0.406. The smallest absolute Gasteiger partial charge is 0.123 e. The number of anilines is 1. The van der Waals surface area contributed by atoms with E-state index < -0.39 is 5.67 Å². The second kappa shape index (κ2) is 6.80. The van der Waals surface area contributed by atoms with Gasteiger partial charge in [-0.2, -0.15) is 0 Å². The van der Waals surface area contributed by atoms with E-state index in [1.54, 1.807) is 0 Å². The fraction of sp³-hybridized carbons (Fsp3) is 0.455. The van der Waals surface area contributed by atoms with Gasteiger partial charge in [0.25, 0.3) is 0 Å². The van der Waals surface area contributed by atoms with Crippen LogP contribution < -0.4 is 11.1 Å². The molecule has 0 heterocycles. The van der Waals surface area contributed by atoms with Crippen molar-refractivity contribution in [1.82, 2.24) is 5.32 Å². The zero-order valence-corrected chi connectivity index (χ0v) is 14.6. The molecule has 0 aliphatic heterocycles. The van der Waals surface area contributed by atoms with Crippen molar-refractivity contribution in [3.05, 3.63) is 65.7 Å². The maximum absolute atomic E-state index is 15.2. The number of nitrogens with two attached hydrogens (primary N) is 1. The number of para-hydroxylation sites is 1. The second-order valence-electron chi connectivity index (χ2n) is 7.79. The maximum atomic E-state index is 15.2. The molecule has 0 aromatic heterocycles. The van der Waals surface area contributed by atoms with Gasteiger partial charge in [0.05, 0.1) is 0 Å². The van der Waals surface area contributed by atoms with Crippen LogP contribution in [-0.4, -0.2) is 18.3 Å². The van der Waals surface area contributed by atoms with Crippen molar-refractivity contribution in [2.45, 2.75) is 55.7 Å². The second-order valence-corrected chi connectivity index (χ2v) is 7.79. The Bertz CT molecular complexity index is 707. The SMILES string of the molecule is Nc1ccccc1C1CCC(F)(CNC2CC2c2ccccc2)CC1. The van der Waals surface area contributed by atoms with E-state index in [0.29, 0.717) is 37.3 Å². The minimum atomic E-state index is -1.07. The number of hydrogen-bond donors (Lipinski definition) is 2. The monoisotopic (exact) mass is 338 g/mol. The minimum Gasteiger partial charge on any atom is -0.398 e. The van der Waals surface area contributed by atoms with Gasteiger partial charge in [0, 0.05) is 24.2 Å². The van der Waals surface area contributed by atoms with Crippen molar-refractivity contribution in [1.29, 1.82) is 0 Å². The summed E-state index contributed by atoms with van der Waals surface area (Å²) >= 11 is 0. The lowest BCUT2D eigenvalue weighted by molar-refractivity contribution is 0.0965. The molecule has 3 heteroatoms. The summed E-state index contributed by atoms with van der Waals surface area (Å²) in [6.45, 7) is 0.484. The van der Waals surface area contributed by atoms with E-state index in [0.717, 1.165) is 24.9 Å². The van der Waals surface area contributed by atoms with Crippen LogP contribution in [0.25, 0.3) is 0 Å². The lowest BCUT2D eigenvalue weighted by Crippen LogP contribution is -2.40. The van der Waals surface area contributed by atoms with Crippen LogP contribution >= 0.6 is 0 Å². The van der Waals surface area contributed by atoms with Gasteiger partial charge in [0.2, 0.25) is 0 Å². The fourth-order valence-electron chi connectivity index (χ4n) is 4.31. The van der Waals surface area contributed by atoms with Gasteiger partial charge in [-0.05, 0) is 55.2 Å². The van der Waals surface area contributed by atoms with E-state index in [1.165, 1.54) is 11.1 Å². The van der Waals surface area contributed by atoms with Gasteiger partial charge in [-0.15, -0.1) is 0 Å². The number of halogens is 1. The molecule has 2 unspecified atom stereocenters. The molecule has 2 aliphatic rings. The van der Waals surface area contributed by atoms with Crippen LogP contribution in [0.5, 0.6) is 0 Å². The number of rotatable bonds is 5. The number of alkyl halides is 1. The number of benzene rings is 2. The molecule has 2 atom stereocenters. The zero-order chi connectivity index (χ0) is 17.3. The van der Waals surface area contributed by atoms with Crippen molar-refractivity contribution in [2.75, 3.05) is 12.3 Å². The highest BCUT2D eigenvalue weighted by molar-refractivity contribution is 5.48. The molecule has 3 N–H and O–H groups in total. The summed E-state index contributed by atoms with van der Waals surface area (Å²) in [5.74, 6) is 0.966. The fourth-order valence-corrected chi connectivity index (χ4v) is 4.31. The van der Waals surface area contributed by atoms with E-state index in [1.807, 2.05) is 24.3 Å². The Hall–Kier alpha value is -1.87. The maximum Gasteiger partial charge on any atom is 0.123 e. The molecule has 0 saturated heterocycles. The van der Waals surface area contributed by atoms with Crippen LogP contribution in [0.15, 0.2) is 54.6 Å². The molecule has 132 valence electrons. The summed E-state index contributed by atoms with van der Waals surface area (Å²) in [4.78, 5) is 0. The van der Waals surface area contributed by atoms with Gasteiger partial charge in [0.1, 0.15) is 5.67 Å². The van der Waals surface area contributed by atoms with Gasteiger partial charge >= 0.3 is 0 Å². The molecule has 25 heavy (non-hydrogen) atoms. The number of nitrogen functional groups attached to an aromatic ring is 1. The van der Waals surface area contributed by atoms with Gasteiger partial charge in [-0.25, -0.2) is 4.39 Å². The molecular weight excluding hydrogens is 311 g/mol. The van der Waals surface area contributed by atoms with Gasteiger partial charge in [0.15, 0.2) is 0 Å². The van der Waals surface area contributed by atoms with Crippen LogP contribution in [0.2, 0.25) is 0 Å². The molecule has 2 saturated carbocycles. The predicted octanol–water partition coefficient (Wildman–Crippen LogP) is 4.78. The van der Waals surface area contributed by atoms with Crippen LogP contribution in [0, 0.1) is 0 Å². The molecule has 2 fully saturated rings. The van der Waals surface area contributed by atoms with Crippen LogP contribution in [0.1, 0.15) is 55.1 Å². The van der Waals surface area contributed by atoms with E-state index in [4.69, 9.17) is 5.73 Å². The molecule has 2 aromatic carbocycles. The number of nitrogens with one attached hydrogen (secondary N) is 1. The largest absolute Gasteiger partial charge is 0.398 e. The molecule has 2 aromatic rings. The standard InChI is InChI=1S/C22H27FN2/c23-22(15-25-21-14-19(21)16-6-2-1-3-7-16)12-10-17(11-13-22)18-8-4-5-9-20(18)24/h1-9,17,19,21,25H,10-15,24H2. The van der Waals surface area contributed by atoms with Crippen LogP contribution in [-0.2, 0) is 0 Å². The Morgan fingerprint density at radius 3 is 2.40 bits per heavy atom.